The molecule has 0 radical (unpaired) electrons. The summed E-state index contributed by atoms with van der Waals surface area (Å²) in [7, 11) is 3.43. The highest BCUT2D eigenvalue weighted by atomic mass is 19.1. The van der Waals surface area contributed by atoms with E-state index in [0.717, 1.165) is 51.4 Å². The maximum absolute atomic E-state index is 13.3. The molecule has 0 bridgehead atoms. The van der Waals surface area contributed by atoms with Crippen molar-refractivity contribution in [3.05, 3.63) is 35.6 Å². The molecule has 1 aliphatic heterocycles. The van der Waals surface area contributed by atoms with Crippen molar-refractivity contribution in [2.75, 3.05) is 66.6 Å². The summed E-state index contributed by atoms with van der Waals surface area (Å²) in [6, 6.07) is 6.57. The fourth-order valence-electron chi connectivity index (χ4n) is 2.81. The van der Waals surface area contributed by atoms with E-state index in [2.05, 4.69) is 20.5 Å². The summed E-state index contributed by atoms with van der Waals surface area (Å²) in [4.78, 5) is 20.1. The Morgan fingerprint density at radius 1 is 1.25 bits per heavy atom. The maximum atomic E-state index is 13.3. The standard InChI is InChI=1S/C20H32FN5O2/c1-25(2)19(27)16-24-20(22-8-4-10-26-11-13-28-14-12-26)23-9-7-17-5-3-6-18(21)15-17/h3,5-6,15H,4,7-14,16H2,1-2H3,(H2,22,23,24). The van der Waals surface area contributed by atoms with Crippen molar-refractivity contribution in [3.63, 3.8) is 0 Å². The third kappa shape index (κ3) is 8.67. The van der Waals surface area contributed by atoms with Crippen LogP contribution in [0, 0.1) is 5.82 Å². The number of hydrogen-bond acceptors (Lipinski definition) is 4. The van der Waals surface area contributed by atoms with Crippen molar-refractivity contribution in [1.82, 2.24) is 20.4 Å². The van der Waals surface area contributed by atoms with Crippen LogP contribution in [0.4, 0.5) is 4.39 Å². The zero-order chi connectivity index (χ0) is 20.2. The molecule has 7 nitrogen and oxygen atoms in total. The van der Waals surface area contributed by atoms with Gasteiger partial charge < -0.3 is 20.3 Å². The van der Waals surface area contributed by atoms with E-state index in [1.165, 1.54) is 17.0 Å². The van der Waals surface area contributed by atoms with Crippen molar-refractivity contribution < 1.29 is 13.9 Å². The molecule has 0 aliphatic carbocycles. The number of hydrogen-bond donors (Lipinski definition) is 2. The van der Waals surface area contributed by atoms with Gasteiger partial charge in [0.05, 0.1) is 13.2 Å². The Bertz CT molecular complexity index is 633. The van der Waals surface area contributed by atoms with Crippen LogP contribution < -0.4 is 10.6 Å². The van der Waals surface area contributed by atoms with Crippen molar-refractivity contribution in [1.29, 1.82) is 0 Å². The second-order valence-corrected chi connectivity index (χ2v) is 6.99. The Hall–Kier alpha value is -2.19. The average Bonchev–Trinajstić information content (AvgIpc) is 2.69. The lowest BCUT2D eigenvalue weighted by Crippen LogP contribution is -2.41. The molecule has 2 rings (SSSR count). The summed E-state index contributed by atoms with van der Waals surface area (Å²) in [5, 5.41) is 6.52. The SMILES string of the molecule is CN(C)C(=O)CN=C(NCCCN1CCOCC1)NCCc1cccc(F)c1. The van der Waals surface area contributed by atoms with E-state index in [-0.39, 0.29) is 18.3 Å². The van der Waals surface area contributed by atoms with Gasteiger partial charge in [-0.2, -0.15) is 0 Å². The van der Waals surface area contributed by atoms with Crippen LogP contribution in [-0.2, 0) is 16.0 Å². The summed E-state index contributed by atoms with van der Waals surface area (Å²) < 4.78 is 18.6. The average molecular weight is 394 g/mol. The third-order valence-electron chi connectivity index (χ3n) is 4.51. The number of nitrogens with zero attached hydrogens (tertiary/aromatic N) is 3. The lowest BCUT2D eigenvalue weighted by atomic mass is 10.1. The zero-order valence-electron chi connectivity index (χ0n) is 16.9. The molecule has 1 fully saturated rings. The van der Waals surface area contributed by atoms with Gasteiger partial charge in [0.2, 0.25) is 5.91 Å². The minimum Gasteiger partial charge on any atom is -0.379 e. The number of carbonyl (C=O) groups excluding carboxylic acids is 1. The van der Waals surface area contributed by atoms with Crippen molar-refractivity contribution in [2.24, 2.45) is 4.99 Å². The summed E-state index contributed by atoms with van der Waals surface area (Å²) in [6.45, 7) is 6.01. The Balaban J connectivity index is 1.78. The number of morpholine rings is 1. The highest BCUT2D eigenvalue weighted by Crippen LogP contribution is 2.03. The molecule has 0 saturated carbocycles. The molecular formula is C20H32FN5O2. The molecule has 1 saturated heterocycles. The summed E-state index contributed by atoms with van der Waals surface area (Å²) in [6.07, 6.45) is 1.65. The largest absolute Gasteiger partial charge is 0.379 e. The van der Waals surface area contributed by atoms with Crippen molar-refractivity contribution in [3.8, 4) is 0 Å². The van der Waals surface area contributed by atoms with Crippen LogP contribution in [0.2, 0.25) is 0 Å². The second kappa shape index (κ2) is 12.3. The van der Waals surface area contributed by atoms with E-state index in [1.54, 1.807) is 20.2 Å². The summed E-state index contributed by atoms with van der Waals surface area (Å²) >= 11 is 0. The number of rotatable bonds is 9. The summed E-state index contributed by atoms with van der Waals surface area (Å²) in [5.41, 5.74) is 0.920. The van der Waals surface area contributed by atoms with E-state index in [0.29, 0.717) is 18.9 Å². The third-order valence-corrected chi connectivity index (χ3v) is 4.51. The smallest absolute Gasteiger partial charge is 0.243 e. The molecule has 2 N–H and O–H groups in total. The van der Waals surface area contributed by atoms with E-state index >= 15 is 0 Å². The fourth-order valence-corrected chi connectivity index (χ4v) is 2.81. The van der Waals surface area contributed by atoms with Crippen LogP contribution in [0.3, 0.4) is 0 Å². The number of ether oxygens (including phenoxy) is 1. The van der Waals surface area contributed by atoms with Gasteiger partial charge >= 0.3 is 0 Å². The molecule has 156 valence electrons. The van der Waals surface area contributed by atoms with Gasteiger partial charge in [-0.1, -0.05) is 12.1 Å². The Morgan fingerprint density at radius 2 is 2.00 bits per heavy atom. The van der Waals surface area contributed by atoms with Gasteiger partial charge in [0.1, 0.15) is 12.4 Å². The predicted octanol–water partition coefficient (Wildman–Crippen LogP) is 0.714. The molecule has 1 aromatic rings. The number of halogens is 1. The topological polar surface area (TPSA) is 69.2 Å². The van der Waals surface area contributed by atoms with E-state index in [9.17, 15) is 9.18 Å². The first kappa shape index (κ1) is 22.1. The molecule has 0 unspecified atom stereocenters. The maximum Gasteiger partial charge on any atom is 0.243 e. The first-order chi connectivity index (χ1) is 13.5. The van der Waals surface area contributed by atoms with Gasteiger partial charge in [0, 0.05) is 40.3 Å². The molecule has 0 aromatic heterocycles. The highest BCUT2D eigenvalue weighted by Gasteiger charge is 2.09. The van der Waals surface area contributed by atoms with Crippen LogP contribution >= 0.6 is 0 Å². The first-order valence-corrected chi connectivity index (χ1v) is 9.81. The Kier molecular flexibility index (Phi) is 9.71. The van der Waals surface area contributed by atoms with E-state index < -0.39 is 0 Å². The van der Waals surface area contributed by atoms with Crippen LogP contribution in [0.15, 0.2) is 29.3 Å². The molecule has 1 aliphatic rings. The van der Waals surface area contributed by atoms with Gasteiger partial charge in [0.25, 0.3) is 0 Å². The second-order valence-electron chi connectivity index (χ2n) is 6.99. The van der Waals surface area contributed by atoms with Crippen molar-refractivity contribution in [2.45, 2.75) is 12.8 Å². The number of likely N-dealkylation sites (N-methyl/N-ethyl adjacent to an activating group) is 1. The molecule has 1 aromatic carbocycles. The molecule has 1 amide bonds. The monoisotopic (exact) mass is 393 g/mol. The van der Waals surface area contributed by atoms with Gasteiger partial charge in [-0.25, -0.2) is 9.38 Å². The molecule has 0 spiro atoms. The number of guanidine groups is 1. The Morgan fingerprint density at radius 3 is 2.71 bits per heavy atom. The lowest BCUT2D eigenvalue weighted by Gasteiger charge is -2.26. The number of amides is 1. The van der Waals surface area contributed by atoms with Crippen molar-refractivity contribution >= 4 is 11.9 Å². The molecule has 28 heavy (non-hydrogen) atoms. The minimum atomic E-state index is -0.232. The van der Waals surface area contributed by atoms with E-state index in [1.807, 2.05) is 6.07 Å². The first-order valence-electron chi connectivity index (χ1n) is 9.81. The van der Waals surface area contributed by atoms with Gasteiger partial charge in [-0.15, -0.1) is 0 Å². The van der Waals surface area contributed by atoms with Gasteiger partial charge in [0.15, 0.2) is 5.96 Å². The number of benzene rings is 1. The zero-order valence-corrected chi connectivity index (χ0v) is 16.9. The predicted molar refractivity (Wildman–Crippen MR) is 109 cm³/mol. The molecule has 0 atom stereocenters. The number of aliphatic imine (C=N–C) groups is 1. The highest BCUT2D eigenvalue weighted by molar-refractivity contribution is 5.84. The van der Waals surface area contributed by atoms with Gasteiger partial charge in [-0.05, 0) is 37.1 Å². The molecular weight excluding hydrogens is 361 g/mol. The normalized spacial score (nSPS) is 15.3. The van der Waals surface area contributed by atoms with Gasteiger partial charge in [-0.3, -0.25) is 9.69 Å². The van der Waals surface area contributed by atoms with E-state index in [4.69, 9.17) is 4.74 Å². The van der Waals surface area contributed by atoms with Crippen LogP contribution in [-0.4, -0.2) is 88.2 Å². The quantitative estimate of drug-likeness (QED) is 0.368. The summed E-state index contributed by atoms with van der Waals surface area (Å²) in [5.74, 6) is 0.317. The lowest BCUT2D eigenvalue weighted by molar-refractivity contribution is -0.127. The Labute approximate surface area is 166 Å². The number of carbonyl (C=O) groups is 1. The number of nitrogens with one attached hydrogen (secondary N) is 2. The van der Waals surface area contributed by atoms with Crippen LogP contribution in [0.1, 0.15) is 12.0 Å². The fraction of sp³-hybridized carbons (Fsp3) is 0.600. The van der Waals surface area contributed by atoms with Crippen LogP contribution in [0.5, 0.6) is 0 Å². The molecule has 1 heterocycles. The van der Waals surface area contributed by atoms with Crippen LogP contribution in [0.25, 0.3) is 0 Å². The minimum absolute atomic E-state index is 0.0560. The molecule has 8 heteroatoms.